The van der Waals surface area contributed by atoms with Crippen molar-refractivity contribution in [3.05, 3.63) is 87.4 Å². The molecule has 4 aromatic rings. The molecule has 2 heterocycles. The van der Waals surface area contributed by atoms with E-state index in [-0.39, 0.29) is 18.2 Å². The second kappa shape index (κ2) is 10.4. The van der Waals surface area contributed by atoms with Gasteiger partial charge in [-0.3, -0.25) is 19.6 Å². The number of hydrogen-bond donors (Lipinski definition) is 4. The average Bonchev–Trinajstić information content (AvgIpc) is 3.48. The highest BCUT2D eigenvalue weighted by Gasteiger charge is 2.22. The Morgan fingerprint density at radius 1 is 0.970 bits per heavy atom. The van der Waals surface area contributed by atoms with Gasteiger partial charge in [0.25, 0.3) is 5.91 Å². The smallest absolute Gasteiger partial charge is 0.284 e. The molecule has 0 saturated carbocycles. The van der Waals surface area contributed by atoms with Crippen molar-refractivity contribution in [1.82, 2.24) is 10.8 Å². The molecule has 9 heteroatoms. The lowest BCUT2D eigenvalue weighted by Gasteiger charge is -2.19. The van der Waals surface area contributed by atoms with Gasteiger partial charge in [0, 0.05) is 16.8 Å². The molecule has 0 saturated heterocycles. The normalized spacial score (nSPS) is 11.7. The lowest BCUT2D eigenvalue weighted by molar-refractivity contribution is -0.126. The SMILES string of the molecule is O=C(Cc1ccsc1)N[C@@H](Cc1ccccc1)C(=O)Nc1ccc2sc(C(=O)NO)cc2c1. The topological polar surface area (TPSA) is 108 Å². The molecule has 0 fully saturated rings. The Hall–Kier alpha value is -3.53. The van der Waals surface area contributed by atoms with Crippen molar-refractivity contribution >= 4 is 56.2 Å². The maximum Gasteiger partial charge on any atom is 0.284 e. The first kappa shape index (κ1) is 22.7. The van der Waals surface area contributed by atoms with Gasteiger partial charge < -0.3 is 10.6 Å². The van der Waals surface area contributed by atoms with E-state index in [1.165, 1.54) is 22.7 Å². The van der Waals surface area contributed by atoms with Crippen LogP contribution in [0.5, 0.6) is 0 Å². The van der Waals surface area contributed by atoms with Crippen LogP contribution in [0, 0.1) is 0 Å². The fourth-order valence-electron chi connectivity index (χ4n) is 3.40. The van der Waals surface area contributed by atoms with E-state index < -0.39 is 11.9 Å². The first-order chi connectivity index (χ1) is 16.0. The molecule has 2 aromatic heterocycles. The Morgan fingerprint density at radius 3 is 2.52 bits per heavy atom. The first-order valence-corrected chi connectivity index (χ1v) is 11.9. The fraction of sp³-hybridized carbons (Fsp3) is 0.125. The van der Waals surface area contributed by atoms with Gasteiger partial charge in [0.05, 0.1) is 11.3 Å². The van der Waals surface area contributed by atoms with E-state index in [0.717, 1.165) is 21.2 Å². The Kier molecular flexibility index (Phi) is 7.13. The lowest BCUT2D eigenvalue weighted by atomic mass is 10.0. The quantitative estimate of drug-likeness (QED) is 0.226. The molecule has 2 aromatic carbocycles. The van der Waals surface area contributed by atoms with Crippen LogP contribution in [0.15, 0.2) is 71.4 Å². The molecular formula is C24H21N3O4S2. The molecular weight excluding hydrogens is 458 g/mol. The zero-order chi connectivity index (χ0) is 23.2. The molecule has 3 amide bonds. The van der Waals surface area contributed by atoms with Crippen LogP contribution < -0.4 is 16.1 Å². The molecule has 1 atom stereocenters. The summed E-state index contributed by atoms with van der Waals surface area (Å²) in [6.45, 7) is 0. The van der Waals surface area contributed by atoms with Crippen molar-refractivity contribution < 1.29 is 19.6 Å². The predicted octanol–water partition coefficient (Wildman–Crippen LogP) is 3.99. The van der Waals surface area contributed by atoms with Crippen LogP contribution in [0.3, 0.4) is 0 Å². The van der Waals surface area contributed by atoms with Gasteiger partial charge in [-0.2, -0.15) is 11.3 Å². The van der Waals surface area contributed by atoms with Gasteiger partial charge in [-0.25, -0.2) is 5.48 Å². The lowest BCUT2D eigenvalue weighted by Crippen LogP contribution is -2.45. The molecule has 168 valence electrons. The van der Waals surface area contributed by atoms with Crippen LogP contribution in [-0.2, 0) is 22.4 Å². The summed E-state index contributed by atoms with van der Waals surface area (Å²) in [6.07, 6.45) is 0.558. The summed E-state index contributed by atoms with van der Waals surface area (Å²) in [5.74, 6) is -1.14. The minimum atomic E-state index is -0.757. The summed E-state index contributed by atoms with van der Waals surface area (Å²) in [4.78, 5) is 37.8. The summed E-state index contributed by atoms with van der Waals surface area (Å²) >= 11 is 2.75. The molecule has 0 spiro atoms. The van der Waals surface area contributed by atoms with Crippen molar-refractivity contribution in [3.63, 3.8) is 0 Å². The number of fused-ring (bicyclic) bond motifs is 1. The van der Waals surface area contributed by atoms with Gasteiger partial charge in [0.15, 0.2) is 0 Å². The second-order valence-electron chi connectivity index (χ2n) is 7.41. The van der Waals surface area contributed by atoms with Gasteiger partial charge in [0.2, 0.25) is 11.8 Å². The van der Waals surface area contributed by atoms with Crippen molar-refractivity contribution in [2.75, 3.05) is 5.32 Å². The van der Waals surface area contributed by atoms with E-state index in [2.05, 4.69) is 10.6 Å². The number of rotatable bonds is 8. The van der Waals surface area contributed by atoms with Crippen LogP contribution >= 0.6 is 22.7 Å². The van der Waals surface area contributed by atoms with Crippen LogP contribution in [0.4, 0.5) is 5.69 Å². The van der Waals surface area contributed by atoms with E-state index in [1.807, 2.05) is 47.2 Å². The zero-order valence-electron chi connectivity index (χ0n) is 17.4. The standard InChI is InChI=1S/C24H21N3O4S2/c28-22(11-16-8-9-32-14-16)26-19(10-15-4-2-1-3-5-15)23(29)25-18-6-7-20-17(12-18)13-21(33-20)24(30)27-31/h1-9,12-14,19,31H,10-11H2,(H,25,29)(H,26,28)(H,27,30)/t19-/m0/s1. The molecule has 4 N–H and O–H groups in total. The van der Waals surface area contributed by atoms with Crippen molar-refractivity contribution in [3.8, 4) is 0 Å². The number of carbonyl (C=O) groups is 3. The Balaban J connectivity index is 1.51. The summed E-state index contributed by atoms with van der Waals surface area (Å²) in [6, 6.07) is 17.6. The largest absolute Gasteiger partial charge is 0.344 e. The van der Waals surface area contributed by atoms with Gasteiger partial charge in [0.1, 0.15) is 6.04 Å². The van der Waals surface area contributed by atoms with Crippen molar-refractivity contribution in [2.24, 2.45) is 0 Å². The van der Waals surface area contributed by atoms with Crippen LogP contribution in [-0.4, -0.2) is 29.0 Å². The minimum absolute atomic E-state index is 0.207. The van der Waals surface area contributed by atoms with Gasteiger partial charge >= 0.3 is 0 Å². The van der Waals surface area contributed by atoms with Gasteiger partial charge in [-0.15, -0.1) is 11.3 Å². The van der Waals surface area contributed by atoms with E-state index in [1.54, 1.807) is 29.7 Å². The van der Waals surface area contributed by atoms with E-state index in [9.17, 15) is 14.4 Å². The molecule has 33 heavy (non-hydrogen) atoms. The van der Waals surface area contributed by atoms with E-state index in [4.69, 9.17) is 5.21 Å². The summed E-state index contributed by atoms with van der Waals surface area (Å²) < 4.78 is 0.844. The molecule has 0 unspecified atom stereocenters. The highest BCUT2D eigenvalue weighted by Crippen LogP contribution is 2.28. The highest BCUT2D eigenvalue weighted by molar-refractivity contribution is 7.20. The number of benzene rings is 2. The predicted molar refractivity (Wildman–Crippen MR) is 130 cm³/mol. The number of anilines is 1. The molecule has 0 radical (unpaired) electrons. The number of thiophene rings is 2. The molecule has 4 rings (SSSR count). The third-order valence-corrected chi connectivity index (χ3v) is 6.84. The molecule has 7 nitrogen and oxygen atoms in total. The number of hydrogen-bond acceptors (Lipinski definition) is 6. The van der Waals surface area contributed by atoms with Gasteiger partial charge in [-0.1, -0.05) is 30.3 Å². The maximum absolute atomic E-state index is 13.1. The number of amides is 3. The van der Waals surface area contributed by atoms with E-state index in [0.29, 0.717) is 17.0 Å². The van der Waals surface area contributed by atoms with Crippen LogP contribution in [0.25, 0.3) is 10.1 Å². The molecule has 0 bridgehead atoms. The number of nitrogens with one attached hydrogen (secondary N) is 3. The Morgan fingerprint density at radius 2 is 1.79 bits per heavy atom. The number of hydroxylamine groups is 1. The van der Waals surface area contributed by atoms with Crippen LogP contribution in [0.2, 0.25) is 0 Å². The summed E-state index contributed by atoms with van der Waals surface area (Å²) in [7, 11) is 0. The summed E-state index contributed by atoms with van der Waals surface area (Å²) in [5.41, 5.74) is 4.01. The molecule has 0 aliphatic carbocycles. The average molecular weight is 480 g/mol. The third kappa shape index (κ3) is 5.83. The monoisotopic (exact) mass is 479 g/mol. The van der Waals surface area contributed by atoms with Gasteiger partial charge in [-0.05, 0) is 57.6 Å². The Bertz CT molecular complexity index is 1270. The maximum atomic E-state index is 13.1. The minimum Gasteiger partial charge on any atom is -0.344 e. The third-order valence-electron chi connectivity index (χ3n) is 4.99. The number of carbonyl (C=O) groups excluding carboxylic acids is 3. The molecule has 0 aliphatic rings. The Labute approximate surface area is 198 Å². The van der Waals surface area contributed by atoms with E-state index >= 15 is 0 Å². The first-order valence-electron chi connectivity index (χ1n) is 10.1. The second-order valence-corrected chi connectivity index (χ2v) is 9.28. The fourth-order valence-corrected chi connectivity index (χ4v) is 5.00. The van der Waals surface area contributed by atoms with Crippen molar-refractivity contribution in [2.45, 2.75) is 18.9 Å². The summed E-state index contributed by atoms with van der Waals surface area (Å²) in [5, 5.41) is 19.2. The zero-order valence-corrected chi connectivity index (χ0v) is 19.0. The molecule has 0 aliphatic heterocycles. The van der Waals surface area contributed by atoms with Crippen molar-refractivity contribution in [1.29, 1.82) is 0 Å². The van der Waals surface area contributed by atoms with Crippen LogP contribution in [0.1, 0.15) is 20.8 Å². The highest BCUT2D eigenvalue weighted by atomic mass is 32.1.